The van der Waals surface area contributed by atoms with Crippen LogP contribution in [-0.2, 0) is 9.59 Å². The summed E-state index contributed by atoms with van der Waals surface area (Å²) in [5, 5.41) is 15.0. The quantitative estimate of drug-likeness (QED) is 0.842. The number of carboxylic acid groups (broad SMARTS) is 1. The first kappa shape index (κ1) is 15.5. The number of anilines is 1. The molecule has 0 aliphatic heterocycles. The Morgan fingerprint density at radius 2 is 1.88 bits per heavy atom. The summed E-state index contributed by atoms with van der Waals surface area (Å²) in [6, 6.07) is 4.93. The summed E-state index contributed by atoms with van der Waals surface area (Å²) in [7, 11) is 1.50. The fourth-order valence-corrected chi connectivity index (χ4v) is 4.72. The lowest BCUT2D eigenvalue weighted by atomic mass is 9.62. The third-order valence-corrected chi connectivity index (χ3v) is 5.88. The van der Waals surface area contributed by atoms with Gasteiger partial charge in [-0.3, -0.25) is 4.79 Å². The van der Waals surface area contributed by atoms with Gasteiger partial charge in [0.05, 0.1) is 18.7 Å². The number of carbonyl (C=O) groups excluding carboxylic acids is 2. The zero-order valence-electron chi connectivity index (χ0n) is 13.1. The molecular formula is C18H17ClNO4-. The monoisotopic (exact) mass is 346 g/mol. The van der Waals surface area contributed by atoms with Crippen molar-refractivity contribution < 1.29 is 19.4 Å². The highest BCUT2D eigenvalue weighted by molar-refractivity contribution is 6.31. The SMILES string of the molecule is COc1ccc(Cl)cc1NC(=O)[C@@H]1[C@H]2C=C[C@H]([C@H]3C[C@@H]23)[C@H]1C(=O)[O-]. The normalized spacial score (nSPS) is 35.2. The second kappa shape index (κ2) is 5.52. The number of methoxy groups -OCH3 is 1. The first-order valence-electron chi connectivity index (χ1n) is 8.05. The number of carboxylic acids is 1. The van der Waals surface area contributed by atoms with Crippen LogP contribution in [0.3, 0.4) is 0 Å². The van der Waals surface area contributed by atoms with Gasteiger partial charge >= 0.3 is 0 Å². The van der Waals surface area contributed by atoms with Crippen molar-refractivity contribution >= 4 is 29.2 Å². The van der Waals surface area contributed by atoms with Crippen molar-refractivity contribution in [3.63, 3.8) is 0 Å². The number of hydrogen-bond donors (Lipinski definition) is 1. The van der Waals surface area contributed by atoms with Gasteiger partial charge in [-0.15, -0.1) is 0 Å². The maximum atomic E-state index is 12.9. The van der Waals surface area contributed by atoms with Crippen LogP contribution in [0.2, 0.25) is 5.02 Å². The molecule has 5 rings (SSSR count). The molecule has 1 aromatic rings. The van der Waals surface area contributed by atoms with E-state index in [2.05, 4.69) is 5.32 Å². The summed E-state index contributed by atoms with van der Waals surface area (Å²) in [4.78, 5) is 24.6. The molecule has 0 radical (unpaired) electrons. The number of rotatable bonds is 4. The minimum absolute atomic E-state index is 0.0342. The summed E-state index contributed by atoms with van der Waals surface area (Å²) in [6.07, 6.45) is 4.97. The summed E-state index contributed by atoms with van der Waals surface area (Å²) in [6.45, 7) is 0. The Morgan fingerprint density at radius 3 is 2.50 bits per heavy atom. The summed E-state index contributed by atoms with van der Waals surface area (Å²) >= 11 is 5.99. The van der Waals surface area contributed by atoms with Gasteiger partial charge in [0, 0.05) is 16.9 Å². The maximum Gasteiger partial charge on any atom is 0.228 e. The Kier molecular flexibility index (Phi) is 3.57. The average molecular weight is 347 g/mol. The number of hydrogen-bond acceptors (Lipinski definition) is 4. The van der Waals surface area contributed by atoms with Crippen molar-refractivity contribution in [1.82, 2.24) is 0 Å². The average Bonchev–Trinajstić information content (AvgIpc) is 3.36. The van der Waals surface area contributed by atoms with Crippen molar-refractivity contribution in [2.45, 2.75) is 6.42 Å². The highest BCUT2D eigenvalue weighted by Gasteiger charge is 2.61. The highest BCUT2D eigenvalue weighted by atomic mass is 35.5. The molecule has 2 fully saturated rings. The smallest absolute Gasteiger partial charge is 0.228 e. The van der Waals surface area contributed by atoms with E-state index < -0.39 is 17.8 Å². The molecule has 0 aromatic heterocycles. The predicted molar refractivity (Wildman–Crippen MR) is 86.3 cm³/mol. The molecule has 4 aliphatic carbocycles. The van der Waals surface area contributed by atoms with Crippen LogP contribution >= 0.6 is 11.6 Å². The Bertz CT molecular complexity index is 747. The van der Waals surface area contributed by atoms with Crippen LogP contribution in [0.25, 0.3) is 0 Å². The third-order valence-electron chi connectivity index (χ3n) is 5.65. The van der Waals surface area contributed by atoms with Gasteiger partial charge < -0.3 is 20.0 Å². The number of allylic oxidation sites excluding steroid dienone is 2. The molecule has 6 atom stereocenters. The Morgan fingerprint density at radius 1 is 1.21 bits per heavy atom. The molecule has 0 spiro atoms. The number of aliphatic carboxylic acids is 1. The summed E-state index contributed by atoms with van der Waals surface area (Å²) in [5.74, 6) is -1.66. The van der Waals surface area contributed by atoms with Crippen molar-refractivity contribution in [1.29, 1.82) is 0 Å². The number of halogens is 1. The molecule has 126 valence electrons. The molecule has 5 nitrogen and oxygen atoms in total. The van der Waals surface area contributed by atoms with Crippen LogP contribution in [0, 0.1) is 35.5 Å². The van der Waals surface area contributed by atoms with Gasteiger partial charge in [-0.05, 0) is 48.3 Å². The number of fused-ring (bicyclic) bond motifs is 1. The Balaban J connectivity index is 1.63. The summed E-state index contributed by atoms with van der Waals surface area (Å²) in [5.41, 5.74) is 0.449. The first-order valence-corrected chi connectivity index (χ1v) is 8.42. The lowest BCUT2D eigenvalue weighted by Gasteiger charge is -2.44. The van der Waals surface area contributed by atoms with Gasteiger partial charge in [-0.25, -0.2) is 0 Å². The van der Waals surface area contributed by atoms with E-state index in [9.17, 15) is 14.7 Å². The second-order valence-corrected chi connectivity index (χ2v) is 7.24. The van der Waals surface area contributed by atoms with Crippen molar-refractivity contribution in [2.24, 2.45) is 35.5 Å². The van der Waals surface area contributed by atoms with Crippen LogP contribution in [-0.4, -0.2) is 19.0 Å². The largest absolute Gasteiger partial charge is 0.550 e. The van der Waals surface area contributed by atoms with E-state index in [-0.39, 0.29) is 17.7 Å². The van der Waals surface area contributed by atoms with E-state index in [1.165, 1.54) is 7.11 Å². The van der Waals surface area contributed by atoms with E-state index in [0.29, 0.717) is 28.3 Å². The zero-order valence-corrected chi connectivity index (χ0v) is 13.8. The van der Waals surface area contributed by atoms with E-state index in [1.807, 2.05) is 12.2 Å². The standard InChI is InChI=1S/C18H18ClNO4/c1-24-14-5-2-8(19)6-13(14)20-17(21)15-9-3-4-10(12-7-11(9)12)16(15)18(22)23/h2-6,9-12,15-16H,7H2,1H3,(H,20,21)(H,22,23)/p-1/t9-,10+,11-,12+,15+,16+/m0/s1. The van der Waals surface area contributed by atoms with Gasteiger partial charge in [0.15, 0.2) is 0 Å². The van der Waals surface area contributed by atoms with Gasteiger partial charge in [0.2, 0.25) is 5.91 Å². The lowest BCUT2D eigenvalue weighted by molar-refractivity contribution is -0.316. The van der Waals surface area contributed by atoms with Crippen molar-refractivity contribution in [3.8, 4) is 5.75 Å². The van der Waals surface area contributed by atoms with E-state index in [4.69, 9.17) is 16.3 Å². The third kappa shape index (κ3) is 2.30. The maximum absolute atomic E-state index is 12.9. The molecule has 24 heavy (non-hydrogen) atoms. The van der Waals surface area contributed by atoms with Crippen molar-refractivity contribution in [3.05, 3.63) is 35.4 Å². The fraction of sp³-hybridized carbons (Fsp3) is 0.444. The van der Waals surface area contributed by atoms with Gasteiger partial charge in [-0.1, -0.05) is 23.8 Å². The van der Waals surface area contributed by atoms with Crippen LogP contribution in [0.5, 0.6) is 5.75 Å². The summed E-state index contributed by atoms with van der Waals surface area (Å²) < 4.78 is 5.24. The Hall–Kier alpha value is -2.01. The molecule has 6 heteroatoms. The molecule has 2 bridgehead atoms. The van der Waals surface area contributed by atoms with E-state index >= 15 is 0 Å². The van der Waals surface area contributed by atoms with Crippen LogP contribution in [0.15, 0.2) is 30.4 Å². The number of benzene rings is 1. The molecule has 1 aromatic carbocycles. The molecule has 0 heterocycles. The molecular weight excluding hydrogens is 330 g/mol. The molecule has 4 aliphatic rings. The minimum atomic E-state index is -1.14. The number of ether oxygens (including phenoxy) is 1. The first-order chi connectivity index (χ1) is 11.5. The highest BCUT2D eigenvalue weighted by Crippen LogP contribution is 2.63. The van der Waals surface area contributed by atoms with E-state index in [1.54, 1.807) is 18.2 Å². The zero-order chi connectivity index (χ0) is 17.0. The van der Waals surface area contributed by atoms with Crippen LogP contribution in [0.4, 0.5) is 5.69 Å². The van der Waals surface area contributed by atoms with Crippen LogP contribution < -0.4 is 15.2 Å². The fourth-order valence-electron chi connectivity index (χ4n) is 4.55. The van der Waals surface area contributed by atoms with Gasteiger partial charge in [0.1, 0.15) is 5.75 Å². The molecule has 1 amide bonds. The topological polar surface area (TPSA) is 78.5 Å². The van der Waals surface area contributed by atoms with E-state index in [0.717, 1.165) is 6.42 Å². The Labute approximate surface area is 144 Å². The lowest BCUT2D eigenvalue weighted by Crippen LogP contribution is -2.52. The second-order valence-electron chi connectivity index (χ2n) is 6.81. The van der Waals surface area contributed by atoms with Crippen molar-refractivity contribution in [2.75, 3.05) is 12.4 Å². The number of amides is 1. The number of nitrogens with one attached hydrogen (secondary N) is 1. The molecule has 0 unspecified atom stereocenters. The van der Waals surface area contributed by atoms with Gasteiger partial charge in [0.25, 0.3) is 0 Å². The predicted octanol–water partition coefficient (Wildman–Crippen LogP) is 1.72. The molecule has 2 saturated carbocycles. The molecule has 1 N–H and O–H groups in total. The molecule has 0 saturated heterocycles. The number of carbonyl (C=O) groups is 2. The van der Waals surface area contributed by atoms with Crippen LogP contribution in [0.1, 0.15) is 6.42 Å². The minimum Gasteiger partial charge on any atom is -0.550 e. The van der Waals surface area contributed by atoms with Gasteiger partial charge in [-0.2, -0.15) is 0 Å².